The van der Waals surface area contributed by atoms with Crippen LogP contribution in [0.5, 0.6) is 0 Å². The van der Waals surface area contributed by atoms with Gasteiger partial charge in [0.05, 0.1) is 0 Å². The van der Waals surface area contributed by atoms with E-state index in [0.717, 1.165) is 16.9 Å². The monoisotopic (exact) mass is 295 g/mol. The first-order valence-corrected chi connectivity index (χ1v) is 7.33. The van der Waals surface area contributed by atoms with Gasteiger partial charge in [0.2, 0.25) is 0 Å². The van der Waals surface area contributed by atoms with E-state index in [1.54, 1.807) is 18.3 Å². The molecule has 0 spiro atoms. The van der Waals surface area contributed by atoms with Crippen molar-refractivity contribution >= 4 is 17.3 Å². The Morgan fingerprint density at radius 2 is 2.09 bits per heavy atom. The van der Waals surface area contributed by atoms with Gasteiger partial charge >= 0.3 is 0 Å². The van der Waals surface area contributed by atoms with Crippen LogP contribution in [0.1, 0.15) is 35.8 Å². The third-order valence-electron chi connectivity index (χ3n) is 3.27. The van der Waals surface area contributed by atoms with E-state index >= 15 is 0 Å². The first kappa shape index (κ1) is 15.8. The lowest BCUT2D eigenvalue weighted by Gasteiger charge is -2.13. The van der Waals surface area contributed by atoms with Crippen LogP contribution >= 0.6 is 0 Å². The molecule has 0 unspecified atom stereocenters. The fourth-order valence-corrected chi connectivity index (χ4v) is 2.16. The summed E-state index contributed by atoms with van der Waals surface area (Å²) in [6.45, 7) is 8.50. The Morgan fingerprint density at radius 1 is 1.32 bits per heavy atom. The van der Waals surface area contributed by atoms with Gasteiger partial charge in [-0.15, -0.1) is 6.58 Å². The lowest BCUT2D eigenvalue weighted by Crippen LogP contribution is -2.15. The van der Waals surface area contributed by atoms with Gasteiger partial charge in [-0.05, 0) is 29.7 Å². The number of para-hydroxylation sites is 1. The molecule has 22 heavy (non-hydrogen) atoms. The van der Waals surface area contributed by atoms with Crippen LogP contribution in [0.15, 0.2) is 55.3 Å². The normalized spacial score (nSPS) is 10.3. The average Bonchev–Trinajstić information content (AvgIpc) is 2.53. The van der Waals surface area contributed by atoms with E-state index in [4.69, 9.17) is 0 Å². The molecular weight excluding hydrogens is 274 g/mol. The van der Waals surface area contributed by atoms with Crippen molar-refractivity contribution in [3.05, 3.63) is 66.5 Å². The Labute approximate surface area is 131 Å². The van der Waals surface area contributed by atoms with Crippen LogP contribution < -0.4 is 10.6 Å². The minimum absolute atomic E-state index is 0.213. The number of rotatable bonds is 6. The van der Waals surface area contributed by atoms with Crippen molar-refractivity contribution in [3.63, 3.8) is 0 Å². The van der Waals surface area contributed by atoms with Gasteiger partial charge in [0.25, 0.3) is 5.91 Å². The molecule has 4 heteroatoms. The smallest absolute Gasteiger partial charge is 0.274 e. The molecule has 0 atom stereocenters. The van der Waals surface area contributed by atoms with Crippen LogP contribution in [-0.4, -0.2) is 17.4 Å². The number of hydrogen-bond donors (Lipinski definition) is 2. The highest BCUT2D eigenvalue weighted by Gasteiger charge is 2.12. The topological polar surface area (TPSA) is 54.0 Å². The number of pyridine rings is 1. The molecule has 0 bridgehead atoms. The first-order valence-electron chi connectivity index (χ1n) is 7.33. The maximum atomic E-state index is 12.4. The molecular formula is C18H21N3O. The standard InChI is InChI=1S/C18H21N3O/c1-4-10-19-14-9-11-20-17(12-14)18(22)21-16-8-6-5-7-15(16)13(2)3/h4-9,11-13H,1,10H2,2-3H3,(H,19,20)(H,21,22). The van der Waals surface area contributed by atoms with E-state index in [-0.39, 0.29) is 5.91 Å². The Balaban J connectivity index is 2.17. The molecule has 1 heterocycles. The number of aromatic nitrogens is 1. The zero-order valence-corrected chi connectivity index (χ0v) is 13.0. The molecule has 2 rings (SSSR count). The fraction of sp³-hybridized carbons (Fsp3) is 0.222. The van der Waals surface area contributed by atoms with Gasteiger partial charge in [-0.2, -0.15) is 0 Å². The second-order valence-corrected chi connectivity index (χ2v) is 5.30. The minimum atomic E-state index is -0.213. The lowest BCUT2D eigenvalue weighted by molar-refractivity contribution is 0.102. The highest BCUT2D eigenvalue weighted by molar-refractivity contribution is 6.03. The molecule has 2 N–H and O–H groups in total. The van der Waals surface area contributed by atoms with E-state index in [9.17, 15) is 4.79 Å². The van der Waals surface area contributed by atoms with Crippen molar-refractivity contribution < 1.29 is 4.79 Å². The van der Waals surface area contributed by atoms with Crippen molar-refractivity contribution in [2.45, 2.75) is 19.8 Å². The first-order chi connectivity index (χ1) is 10.6. The number of nitrogens with zero attached hydrogens (tertiary/aromatic N) is 1. The van der Waals surface area contributed by atoms with Crippen molar-refractivity contribution in [3.8, 4) is 0 Å². The Hall–Kier alpha value is -2.62. The quantitative estimate of drug-likeness (QED) is 0.790. The molecule has 114 valence electrons. The molecule has 0 aliphatic heterocycles. The van der Waals surface area contributed by atoms with Gasteiger partial charge in [0.15, 0.2) is 0 Å². The Morgan fingerprint density at radius 3 is 2.82 bits per heavy atom. The number of carbonyl (C=O) groups is 1. The molecule has 0 radical (unpaired) electrons. The van der Waals surface area contributed by atoms with Crippen molar-refractivity contribution in [1.82, 2.24) is 4.98 Å². The highest BCUT2D eigenvalue weighted by atomic mass is 16.1. The predicted molar refractivity (Wildman–Crippen MR) is 91.4 cm³/mol. The van der Waals surface area contributed by atoms with E-state index in [2.05, 4.69) is 36.0 Å². The predicted octanol–water partition coefficient (Wildman–Crippen LogP) is 4.06. The number of anilines is 2. The van der Waals surface area contributed by atoms with Crippen LogP contribution in [0, 0.1) is 0 Å². The molecule has 4 nitrogen and oxygen atoms in total. The third kappa shape index (κ3) is 3.95. The maximum Gasteiger partial charge on any atom is 0.274 e. The minimum Gasteiger partial charge on any atom is -0.381 e. The number of benzene rings is 1. The van der Waals surface area contributed by atoms with Crippen molar-refractivity contribution in [2.24, 2.45) is 0 Å². The van der Waals surface area contributed by atoms with E-state index in [1.807, 2.05) is 30.3 Å². The zero-order valence-electron chi connectivity index (χ0n) is 13.0. The molecule has 0 aliphatic carbocycles. The summed E-state index contributed by atoms with van der Waals surface area (Å²) >= 11 is 0. The van der Waals surface area contributed by atoms with Gasteiger partial charge in [-0.3, -0.25) is 9.78 Å². The van der Waals surface area contributed by atoms with Gasteiger partial charge in [-0.25, -0.2) is 0 Å². The zero-order chi connectivity index (χ0) is 15.9. The molecule has 1 amide bonds. The van der Waals surface area contributed by atoms with Crippen LogP contribution in [0.2, 0.25) is 0 Å². The molecule has 0 saturated carbocycles. The Kier molecular flexibility index (Phi) is 5.31. The second kappa shape index (κ2) is 7.41. The summed E-state index contributed by atoms with van der Waals surface area (Å²) in [5.74, 6) is 0.125. The number of hydrogen-bond acceptors (Lipinski definition) is 3. The number of amides is 1. The van der Waals surface area contributed by atoms with E-state index < -0.39 is 0 Å². The van der Waals surface area contributed by atoms with Crippen LogP contribution in [-0.2, 0) is 0 Å². The van der Waals surface area contributed by atoms with E-state index in [0.29, 0.717) is 18.2 Å². The summed E-state index contributed by atoms with van der Waals surface area (Å²) in [6.07, 6.45) is 3.38. The van der Waals surface area contributed by atoms with Crippen molar-refractivity contribution in [1.29, 1.82) is 0 Å². The second-order valence-electron chi connectivity index (χ2n) is 5.30. The van der Waals surface area contributed by atoms with Gasteiger partial charge in [0, 0.05) is 24.1 Å². The third-order valence-corrected chi connectivity index (χ3v) is 3.27. The largest absolute Gasteiger partial charge is 0.381 e. The summed E-state index contributed by atoms with van der Waals surface area (Å²) in [5, 5.41) is 6.09. The number of nitrogens with one attached hydrogen (secondary N) is 2. The Bertz CT molecular complexity index is 665. The number of carbonyl (C=O) groups excluding carboxylic acids is 1. The molecule has 1 aromatic heterocycles. The molecule has 1 aromatic carbocycles. The molecule has 2 aromatic rings. The van der Waals surface area contributed by atoms with E-state index in [1.165, 1.54) is 0 Å². The summed E-state index contributed by atoms with van der Waals surface area (Å²) < 4.78 is 0. The maximum absolute atomic E-state index is 12.4. The summed E-state index contributed by atoms with van der Waals surface area (Å²) in [7, 11) is 0. The van der Waals surface area contributed by atoms with Gasteiger partial charge < -0.3 is 10.6 Å². The molecule has 0 fully saturated rings. The lowest BCUT2D eigenvalue weighted by atomic mass is 10.0. The fourth-order valence-electron chi connectivity index (χ4n) is 2.16. The highest BCUT2D eigenvalue weighted by Crippen LogP contribution is 2.24. The van der Waals surface area contributed by atoms with Crippen LogP contribution in [0.3, 0.4) is 0 Å². The average molecular weight is 295 g/mol. The summed E-state index contributed by atoms with van der Waals surface area (Å²) in [4.78, 5) is 16.5. The molecule has 0 saturated heterocycles. The summed E-state index contributed by atoms with van der Waals surface area (Å²) in [6, 6.07) is 11.4. The molecule has 0 aliphatic rings. The van der Waals surface area contributed by atoms with Crippen LogP contribution in [0.25, 0.3) is 0 Å². The van der Waals surface area contributed by atoms with Crippen molar-refractivity contribution in [2.75, 3.05) is 17.2 Å². The van der Waals surface area contributed by atoms with Crippen LogP contribution in [0.4, 0.5) is 11.4 Å². The van der Waals surface area contributed by atoms with Gasteiger partial charge in [0.1, 0.15) is 5.69 Å². The SMILES string of the molecule is C=CCNc1ccnc(C(=O)Nc2ccccc2C(C)C)c1. The summed E-state index contributed by atoms with van der Waals surface area (Å²) in [5.41, 5.74) is 3.16. The van der Waals surface area contributed by atoms with Gasteiger partial charge in [-0.1, -0.05) is 38.1 Å².